The number of ether oxygens (including phenoxy) is 3. The summed E-state index contributed by atoms with van der Waals surface area (Å²) in [6.45, 7) is 1.28. The number of Topliss-reactive ketones (excluding diaryl/α,β-unsaturated/α-hetero) is 1. The fraction of sp³-hybridized carbons (Fsp3) is 0.364. The van der Waals surface area contributed by atoms with Gasteiger partial charge in [-0.05, 0) is 24.3 Å². The number of carbonyl (C=O) groups is 2. The van der Waals surface area contributed by atoms with E-state index in [1.54, 1.807) is 17.0 Å². The molecule has 0 aliphatic carbocycles. The predicted molar refractivity (Wildman–Crippen MR) is 101 cm³/mol. The maximum Gasteiger partial charge on any atom is 0.267 e. The summed E-state index contributed by atoms with van der Waals surface area (Å²) < 4.78 is 17.8. The van der Waals surface area contributed by atoms with E-state index in [0.29, 0.717) is 55.2 Å². The van der Waals surface area contributed by atoms with Gasteiger partial charge < -0.3 is 19.1 Å². The lowest BCUT2D eigenvalue weighted by molar-refractivity contribution is -0.144. The van der Waals surface area contributed by atoms with Gasteiger partial charge in [0.25, 0.3) is 5.91 Å². The number of piperidine rings is 1. The molecule has 3 aliphatic rings. The molecule has 1 fully saturated rings. The Kier molecular flexibility index (Phi) is 4.00. The van der Waals surface area contributed by atoms with Crippen LogP contribution < -0.4 is 14.2 Å². The van der Waals surface area contributed by atoms with Crippen molar-refractivity contribution >= 4 is 11.7 Å². The van der Waals surface area contributed by atoms with Crippen LogP contribution in [-0.2, 0) is 4.79 Å². The fourth-order valence-corrected chi connectivity index (χ4v) is 4.20. The number of fused-ring (bicyclic) bond motifs is 2. The second-order valence-corrected chi connectivity index (χ2v) is 7.57. The third-order valence-corrected chi connectivity index (χ3v) is 5.77. The van der Waals surface area contributed by atoms with Crippen LogP contribution in [0.2, 0.25) is 0 Å². The molecule has 2 aromatic carbocycles. The van der Waals surface area contributed by atoms with Crippen LogP contribution in [0.25, 0.3) is 0 Å². The normalized spacial score (nSPS) is 22.4. The summed E-state index contributed by atoms with van der Waals surface area (Å²) in [7, 11) is 0. The lowest BCUT2D eigenvalue weighted by atomic mass is 9.82. The van der Waals surface area contributed by atoms with E-state index in [4.69, 9.17) is 14.2 Å². The minimum absolute atomic E-state index is 0.0770. The van der Waals surface area contributed by atoms with Gasteiger partial charge in [-0.3, -0.25) is 9.59 Å². The van der Waals surface area contributed by atoms with Crippen molar-refractivity contribution in [3.63, 3.8) is 0 Å². The van der Waals surface area contributed by atoms with Crippen LogP contribution in [0.5, 0.6) is 17.2 Å². The van der Waals surface area contributed by atoms with E-state index in [1.807, 2.05) is 36.4 Å². The molecule has 2 aromatic rings. The minimum atomic E-state index is -0.640. The Morgan fingerprint density at radius 1 is 0.964 bits per heavy atom. The number of para-hydroxylation sites is 3. The van der Waals surface area contributed by atoms with Gasteiger partial charge in [0.05, 0.1) is 12.0 Å². The Morgan fingerprint density at radius 2 is 1.64 bits per heavy atom. The van der Waals surface area contributed by atoms with Gasteiger partial charge in [0.1, 0.15) is 18.0 Å². The molecule has 1 spiro atoms. The second-order valence-electron chi connectivity index (χ2n) is 7.57. The molecule has 0 N–H and O–H groups in total. The number of benzene rings is 2. The molecule has 6 nitrogen and oxygen atoms in total. The topological polar surface area (TPSA) is 65.1 Å². The van der Waals surface area contributed by atoms with Crippen molar-refractivity contribution in [3.05, 3.63) is 54.1 Å². The molecule has 6 heteroatoms. The van der Waals surface area contributed by atoms with Crippen molar-refractivity contribution in [2.24, 2.45) is 0 Å². The maximum atomic E-state index is 12.9. The van der Waals surface area contributed by atoms with Gasteiger partial charge in [-0.15, -0.1) is 0 Å². The average molecular weight is 379 g/mol. The Bertz CT molecular complexity index is 932. The summed E-state index contributed by atoms with van der Waals surface area (Å²) in [6.07, 6.45) is 0.979. The van der Waals surface area contributed by atoms with Crippen LogP contribution in [0.1, 0.15) is 29.6 Å². The maximum absolute atomic E-state index is 12.9. The van der Waals surface area contributed by atoms with E-state index < -0.39 is 11.7 Å². The van der Waals surface area contributed by atoms with Gasteiger partial charge in [0, 0.05) is 25.9 Å². The number of likely N-dealkylation sites (tertiary alicyclic amines) is 1. The van der Waals surface area contributed by atoms with Crippen LogP contribution in [0, 0.1) is 0 Å². The summed E-state index contributed by atoms with van der Waals surface area (Å²) in [5.41, 5.74) is 0.136. The van der Waals surface area contributed by atoms with E-state index in [-0.39, 0.29) is 18.3 Å². The van der Waals surface area contributed by atoms with Gasteiger partial charge in [-0.25, -0.2) is 0 Å². The molecule has 28 heavy (non-hydrogen) atoms. The number of rotatable bonds is 1. The predicted octanol–water partition coefficient (Wildman–Crippen LogP) is 2.85. The zero-order chi connectivity index (χ0) is 19.1. The zero-order valence-corrected chi connectivity index (χ0v) is 15.4. The molecular formula is C22H21NO5. The summed E-state index contributed by atoms with van der Waals surface area (Å²) in [4.78, 5) is 27.2. The average Bonchev–Trinajstić information content (AvgIpc) is 2.73. The van der Waals surface area contributed by atoms with Crippen LogP contribution in [0.3, 0.4) is 0 Å². The lowest BCUT2D eigenvalue weighted by Crippen LogP contribution is -2.55. The third-order valence-electron chi connectivity index (χ3n) is 5.77. The first-order valence-corrected chi connectivity index (χ1v) is 9.62. The standard InChI is InChI=1S/C22H21NO5/c24-16-13-22(28-17-6-2-1-5-15(16)17)9-11-23(12-10-22)21(25)20-14-26-18-7-3-4-8-19(18)27-20/h1-8,20H,9-14H2. The molecule has 3 aliphatic heterocycles. The zero-order valence-electron chi connectivity index (χ0n) is 15.4. The number of amides is 1. The SMILES string of the molecule is O=C1CC2(CCN(C(=O)C3COc4ccccc4O3)CC2)Oc2ccccc21. The quantitative estimate of drug-likeness (QED) is 0.762. The molecule has 3 heterocycles. The summed E-state index contributed by atoms with van der Waals surface area (Å²) in [5, 5.41) is 0. The van der Waals surface area contributed by atoms with E-state index in [2.05, 4.69) is 0 Å². The molecule has 1 amide bonds. The van der Waals surface area contributed by atoms with Crippen molar-refractivity contribution in [3.8, 4) is 17.2 Å². The van der Waals surface area contributed by atoms with Crippen molar-refractivity contribution in [1.29, 1.82) is 0 Å². The monoisotopic (exact) mass is 379 g/mol. The van der Waals surface area contributed by atoms with Crippen LogP contribution in [-0.4, -0.2) is 48.0 Å². The third kappa shape index (κ3) is 2.89. The molecule has 1 saturated heterocycles. The fourth-order valence-electron chi connectivity index (χ4n) is 4.20. The number of nitrogens with zero attached hydrogens (tertiary/aromatic N) is 1. The Balaban J connectivity index is 1.25. The summed E-state index contributed by atoms with van der Waals surface area (Å²) >= 11 is 0. The van der Waals surface area contributed by atoms with E-state index in [1.165, 1.54) is 0 Å². The summed E-state index contributed by atoms with van der Waals surface area (Å²) in [5.74, 6) is 1.95. The molecular weight excluding hydrogens is 358 g/mol. The largest absolute Gasteiger partial charge is 0.486 e. The Morgan fingerprint density at radius 3 is 2.43 bits per heavy atom. The van der Waals surface area contributed by atoms with Gasteiger partial charge in [-0.1, -0.05) is 24.3 Å². The summed E-state index contributed by atoms with van der Waals surface area (Å²) in [6, 6.07) is 14.7. The number of carbonyl (C=O) groups excluding carboxylic acids is 2. The molecule has 1 atom stereocenters. The molecule has 5 rings (SSSR count). The lowest BCUT2D eigenvalue weighted by Gasteiger charge is -2.44. The van der Waals surface area contributed by atoms with Crippen LogP contribution in [0.15, 0.2) is 48.5 Å². The molecule has 144 valence electrons. The highest BCUT2D eigenvalue weighted by Crippen LogP contribution is 2.39. The highest BCUT2D eigenvalue weighted by atomic mass is 16.6. The van der Waals surface area contributed by atoms with Gasteiger partial charge in [0.15, 0.2) is 17.3 Å². The molecule has 0 radical (unpaired) electrons. The van der Waals surface area contributed by atoms with E-state index >= 15 is 0 Å². The Hall–Kier alpha value is -3.02. The first-order valence-electron chi connectivity index (χ1n) is 9.62. The number of ketones is 1. The van der Waals surface area contributed by atoms with Crippen molar-refractivity contribution in [2.75, 3.05) is 19.7 Å². The molecule has 0 saturated carbocycles. The first kappa shape index (κ1) is 17.1. The van der Waals surface area contributed by atoms with Gasteiger partial charge >= 0.3 is 0 Å². The van der Waals surface area contributed by atoms with Crippen LogP contribution in [0.4, 0.5) is 0 Å². The Labute approximate surface area is 163 Å². The number of hydrogen-bond donors (Lipinski definition) is 0. The van der Waals surface area contributed by atoms with Crippen LogP contribution >= 0.6 is 0 Å². The highest BCUT2D eigenvalue weighted by molar-refractivity contribution is 6.00. The smallest absolute Gasteiger partial charge is 0.267 e. The minimum Gasteiger partial charge on any atom is -0.486 e. The molecule has 0 bridgehead atoms. The molecule has 1 unspecified atom stereocenters. The first-order chi connectivity index (χ1) is 13.6. The van der Waals surface area contributed by atoms with Gasteiger partial charge in [-0.2, -0.15) is 0 Å². The van der Waals surface area contributed by atoms with E-state index in [0.717, 1.165) is 0 Å². The second kappa shape index (κ2) is 6.55. The van der Waals surface area contributed by atoms with Gasteiger partial charge in [0.2, 0.25) is 6.10 Å². The van der Waals surface area contributed by atoms with Crippen molar-refractivity contribution < 1.29 is 23.8 Å². The molecule has 0 aromatic heterocycles. The highest BCUT2D eigenvalue weighted by Gasteiger charge is 2.44. The number of hydrogen-bond acceptors (Lipinski definition) is 5. The van der Waals surface area contributed by atoms with Crippen molar-refractivity contribution in [1.82, 2.24) is 4.90 Å². The van der Waals surface area contributed by atoms with Crippen molar-refractivity contribution in [2.45, 2.75) is 31.0 Å². The van der Waals surface area contributed by atoms with E-state index in [9.17, 15) is 9.59 Å².